The van der Waals surface area contributed by atoms with Gasteiger partial charge in [0.1, 0.15) is 0 Å². The Hall–Kier alpha value is -1.85. The van der Waals surface area contributed by atoms with E-state index < -0.39 is 0 Å². The first-order chi connectivity index (χ1) is 9.66. The smallest absolute Gasteiger partial charge is 0.223 e. The van der Waals surface area contributed by atoms with Crippen molar-refractivity contribution in [3.05, 3.63) is 18.5 Å². The summed E-state index contributed by atoms with van der Waals surface area (Å²) in [4.78, 5) is 23.1. The van der Waals surface area contributed by atoms with Gasteiger partial charge in [0.05, 0.1) is 0 Å². The monoisotopic (exact) mass is 278 g/mol. The van der Waals surface area contributed by atoms with Crippen molar-refractivity contribution in [1.29, 1.82) is 0 Å². The van der Waals surface area contributed by atoms with Crippen LogP contribution in [0.3, 0.4) is 0 Å². The van der Waals surface area contributed by atoms with Crippen molar-refractivity contribution in [2.75, 3.05) is 13.1 Å². The number of aryl methyl sites for hydroxylation is 1. The van der Waals surface area contributed by atoms with Gasteiger partial charge in [0, 0.05) is 44.4 Å². The molecule has 0 radical (unpaired) electrons. The normalized spacial score (nSPS) is 20.4. The van der Waals surface area contributed by atoms with E-state index in [-0.39, 0.29) is 17.7 Å². The highest BCUT2D eigenvalue weighted by Crippen LogP contribution is 2.37. The highest BCUT2D eigenvalue weighted by Gasteiger charge is 2.38. The summed E-state index contributed by atoms with van der Waals surface area (Å²) in [5.41, 5.74) is 0. The van der Waals surface area contributed by atoms with Gasteiger partial charge in [-0.15, -0.1) is 0 Å². The third-order valence-corrected chi connectivity index (χ3v) is 3.54. The molecule has 1 aliphatic rings. The molecule has 0 bridgehead atoms. The molecule has 2 amide bonds. The molecule has 0 spiro atoms. The molecule has 1 fully saturated rings. The Balaban J connectivity index is 1.47. The topological polar surface area (TPSA) is 76.0 Å². The van der Waals surface area contributed by atoms with Crippen LogP contribution in [0.25, 0.3) is 0 Å². The van der Waals surface area contributed by atoms with Crippen LogP contribution in [0.15, 0.2) is 18.5 Å². The second kappa shape index (κ2) is 7.07. The number of carbonyl (C=O) groups excluding carboxylic acids is 2. The van der Waals surface area contributed by atoms with E-state index in [4.69, 9.17) is 0 Å². The first-order valence-electron chi connectivity index (χ1n) is 7.18. The zero-order valence-corrected chi connectivity index (χ0v) is 11.8. The first kappa shape index (κ1) is 14.6. The molecular formula is C14H22N4O2. The number of hydrogen-bond donors (Lipinski definition) is 2. The summed E-state index contributed by atoms with van der Waals surface area (Å²) in [5, 5.41) is 9.73. The minimum atomic E-state index is -0.0189. The highest BCUT2D eigenvalue weighted by atomic mass is 16.2. The van der Waals surface area contributed by atoms with Gasteiger partial charge in [0.25, 0.3) is 0 Å². The van der Waals surface area contributed by atoms with Crippen LogP contribution in [0, 0.1) is 11.8 Å². The average molecular weight is 278 g/mol. The third-order valence-electron chi connectivity index (χ3n) is 3.54. The minimum Gasteiger partial charge on any atom is -0.356 e. The molecule has 2 rings (SSSR count). The lowest BCUT2D eigenvalue weighted by Gasteiger charge is -2.06. The van der Waals surface area contributed by atoms with Crippen LogP contribution in [0.4, 0.5) is 0 Å². The number of hydrogen-bond acceptors (Lipinski definition) is 3. The summed E-state index contributed by atoms with van der Waals surface area (Å²) in [5.74, 6) is 0.747. The van der Waals surface area contributed by atoms with E-state index in [9.17, 15) is 9.59 Å². The van der Waals surface area contributed by atoms with Crippen LogP contribution < -0.4 is 10.6 Å². The average Bonchev–Trinajstić information content (AvgIpc) is 2.94. The maximum absolute atomic E-state index is 11.6. The van der Waals surface area contributed by atoms with Crippen LogP contribution in [0.1, 0.15) is 26.2 Å². The molecule has 1 aromatic rings. The molecule has 1 saturated carbocycles. The number of nitrogens with zero attached hydrogens (tertiary/aromatic N) is 2. The van der Waals surface area contributed by atoms with Gasteiger partial charge in [-0.2, -0.15) is 5.10 Å². The summed E-state index contributed by atoms with van der Waals surface area (Å²) < 4.78 is 1.84. The fraction of sp³-hybridized carbons (Fsp3) is 0.643. The molecule has 0 aromatic carbocycles. The van der Waals surface area contributed by atoms with E-state index >= 15 is 0 Å². The largest absolute Gasteiger partial charge is 0.356 e. The number of amides is 2. The molecule has 2 atom stereocenters. The molecule has 1 aromatic heterocycles. The van der Waals surface area contributed by atoms with Crippen molar-refractivity contribution < 1.29 is 9.59 Å². The third kappa shape index (κ3) is 4.68. The summed E-state index contributed by atoms with van der Waals surface area (Å²) in [6.07, 6.45) is 5.80. The van der Waals surface area contributed by atoms with E-state index in [0.717, 1.165) is 19.4 Å². The van der Waals surface area contributed by atoms with Gasteiger partial charge < -0.3 is 10.6 Å². The lowest BCUT2D eigenvalue weighted by atomic mass is 10.3. The fourth-order valence-corrected chi connectivity index (χ4v) is 2.11. The Kier molecular flexibility index (Phi) is 5.15. The molecule has 6 heteroatoms. The van der Waals surface area contributed by atoms with Crippen LogP contribution in [-0.2, 0) is 16.1 Å². The molecule has 110 valence electrons. The predicted octanol–water partition coefficient (Wildman–Crippen LogP) is 0.552. The quantitative estimate of drug-likeness (QED) is 0.682. The molecule has 1 aliphatic carbocycles. The van der Waals surface area contributed by atoms with E-state index in [1.807, 2.05) is 16.9 Å². The van der Waals surface area contributed by atoms with Crippen LogP contribution in [0.5, 0.6) is 0 Å². The molecule has 1 heterocycles. The molecule has 6 nitrogen and oxygen atoms in total. The van der Waals surface area contributed by atoms with E-state index in [1.165, 1.54) is 0 Å². The Bertz CT molecular complexity index is 444. The molecule has 20 heavy (non-hydrogen) atoms. The molecule has 0 aliphatic heterocycles. The van der Waals surface area contributed by atoms with Crippen molar-refractivity contribution >= 4 is 11.8 Å². The Labute approximate surface area is 118 Å². The van der Waals surface area contributed by atoms with Gasteiger partial charge in [-0.1, -0.05) is 6.92 Å². The maximum Gasteiger partial charge on any atom is 0.223 e. The Morgan fingerprint density at radius 3 is 2.80 bits per heavy atom. The predicted molar refractivity (Wildman–Crippen MR) is 74.8 cm³/mol. The number of carbonyl (C=O) groups is 2. The van der Waals surface area contributed by atoms with E-state index in [2.05, 4.69) is 22.7 Å². The van der Waals surface area contributed by atoms with Crippen molar-refractivity contribution in [3.63, 3.8) is 0 Å². The van der Waals surface area contributed by atoms with Crippen molar-refractivity contribution in [2.24, 2.45) is 11.8 Å². The second-order valence-electron chi connectivity index (χ2n) is 5.33. The molecule has 0 unspecified atom stereocenters. The van der Waals surface area contributed by atoms with Gasteiger partial charge in [-0.05, 0) is 24.8 Å². The van der Waals surface area contributed by atoms with Crippen molar-refractivity contribution in [2.45, 2.75) is 32.7 Å². The standard InChI is InChI=1S/C14H22N4O2/c1-11-10-12(11)14(20)16-7-4-13(19)15-5-2-8-18-9-3-6-17-18/h3,6,9,11-12H,2,4-5,7-8,10H2,1H3,(H,15,19)(H,16,20)/t11-,12-/m0/s1. The van der Waals surface area contributed by atoms with Gasteiger partial charge in [-0.3, -0.25) is 14.3 Å². The lowest BCUT2D eigenvalue weighted by Crippen LogP contribution is -2.32. The molecule has 2 N–H and O–H groups in total. The van der Waals surface area contributed by atoms with E-state index in [1.54, 1.807) is 6.20 Å². The zero-order chi connectivity index (χ0) is 14.4. The summed E-state index contributed by atoms with van der Waals surface area (Å²) in [6, 6.07) is 1.88. The van der Waals surface area contributed by atoms with Crippen LogP contribution >= 0.6 is 0 Å². The van der Waals surface area contributed by atoms with Crippen LogP contribution in [-0.4, -0.2) is 34.7 Å². The highest BCUT2D eigenvalue weighted by molar-refractivity contribution is 5.82. The summed E-state index contributed by atoms with van der Waals surface area (Å²) >= 11 is 0. The second-order valence-corrected chi connectivity index (χ2v) is 5.33. The number of rotatable bonds is 8. The van der Waals surface area contributed by atoms with Gasteiger partial charge in [0.15, 0.2) is 0 Å². The maximum atomic E-state index is 11.6. The Morgan fingerprint density at radius 2 is 2.15 bits per heavy atom. The number of nitrogens with one attached hydrogen (secondary N) is 2. The first-order valence-corrected chi connectivity index (χ1v) is 7.18. The van der Waals surface area contributed by atoms with Crippen molar-refractivity contribution in [3.8, 4) is 0 Å². The minimum absolute atomic E-state index is 0.0189. The fourth-order valence-electron chi connectivity index (χ4n) is 2.11. The Morgan fingerprint density at radius 1 is 1.35 bits per heavy atom. The SMILES string of the molecule is C[C@H]1C[C@@H]1C(=O)NCCC(=O)NCCCn1cccn1. The molecular weight excluding hydrogens is 256 g/mol. The summed E-state index contributed by atoms with van der Waals surface area (Å²) in [6.45, 7) is 3.92. The zero-order valence-electron chi connectivity index (χ0n) is 11.8. The summed E-state index contributed by atoms with van der Waals surface area (Å²) in [7, 11) is 0. The lowest BCUT2D eigenvalue weighted by molar-refractivity contribution is -0.123. The van der Waals surface area contributed by atoms with Crippen molar-refractivity contribution in [1.82, 2.24) is 20.4 Å². The van der Waals surface area contributed by atoms with Gasteiger partial charge >= 0.3 is 0 Å². The van der Waals surface area contributed by atoms with E-state index in [0.29, 0.717) is 25.4 Å². The van der Waals surface area contributed by atoms with Gasteiger partial charge in [0.2, 0.25) is 11.8 Å². The molecule has 0 saturated heterocycles. The number of aromatic nitrogens is 2. The van der Waals surface area contributed by atoms with Gasteiger partial charge in [-0.25, -0.2) is 0 Å². The van der Waals surface area contributed by atoms with Crippen LogP contribution in [0.2, 0.25) is 0 Å².